The Hall–Kier alpha value is -1.48. The third-order valence-electron chi connectivity index (χ3n) is 1.50. The highest BCUT2D eigenvalue weighted by Gasteiger charge is 2.44. The van der Waals surface area contributed by atoms with Crippen LogP contribution in [0.2, 0.25) is 0 Å². The van der Waals surface area contributed by atoms with Crippen molar-refractivity contribution in [1.29, 1.82) is 0 Å². The van der Waals surface area contributed by atoms with Gasteiger partial charge in [-0.05, 0) is 13.8 Å². The van der Waals surface area contributed by atoms with E-state index < -0.39 is 36.4 Å². The van der Waals surface area contributed by atoms with Crippen molar-refractivity contribution in [2.24, 2.45) is 0 Å². The summed E-state index contributed by atoms with van der Waals surface area (Å²) in [6.45, 7) is 0.897. The molecule has 1 amide bonds. The fourth-order valence-electron chi connectivity index (χ4n) is 0.742. The lowest BCUT2D eigenvalue weighted by atomic mass is 10.1. The van der Waals surface area contributed by atoms with Gasteiger partial charge in [-0.25, -0.2) is 4.79 Å². The summed E-state index contributed by atoms with van der Waals surface area (Å²) in [6, 6.07) is 0. The predicted octanol–water partition coefficient (Wildman–Crippen LogP) is 1.55. The maximum atomic E-state index is 11.9. The van der Waals surface area contributed by atoms with Gasteiger partial charge in [0.05, 0.1) is 5.54 Å². The molecular formula is C8H9F6NO3. The van der Waals surface area contributed by atoms with Crippen LogP contribution in [0.4, 0.5) is 26.3 Å². The summed E-state index contributed by atoms with van der Waals surface area (Å²) >= 11 is 0. The minimum Gasteiger partial charge on any atom is -0.457 e. The van der Waals surface area contributed by atoms with E-state index in [1.165, 1.54) is 5.32 Å². The van der Waals surface area contributed by atoms with Gasteiger partial charge in [-0.1, -0.05) is 0 Å². The fraction of sp³-hybridized carbons (Fsp3) is 0.750. The summed E-state index contributed by atoms with van der Waals surface area (Å²) in [6.07, 6.45) is -10.4. The number of nitrogens with one attached hydrogen (secondary N) is 1. The van der Waals surface area contributed by atoms with Crippen LogP contribution in [-0.4, -0.2) is 36.4 Å². The Morgan fingerprint density at radius 3 is 1.78 bits per heavy atom. The molecule has 0 saturated heterocycles. The molecule has 0 atom stereocenters. The SMILES string of the molecule is CC(C)(COC(=O)C(F)(F)F)NC(=O)C(F)(F)F. The van der Waals surface area contributed by atoms with E-state index >= 15 is 0 Å². The molecule has 0 heterocycles. The molecule has 0 fully saturated rings. The number of carbonyl (C=O) groups is 2. The van der Waals surface area contributed by atoms with Gasteiger partial charge in [-0.2, -0.15) is 26.3 Å². The van der Waals surface area contributed by atoms with E-state index in [4.69, 9.17) is 0 Å². The number of carbonyl (C=O) groups excluding carboxylic acids is 2. The van der Waals surface area contributed by atoms with Gasteiger partial charge in [-0.3, -0.25) is 4.79 Å². The van der Waals surface area contributed by atoms with Gasteiger partial charge < -0.3 is 10.1 Å². The highest BCUT2D eigenvalue weighted by molar-refractivity contribution is 5.82. The number of amides is 1. The quantitative estimate of drug-likeness (QED) is 0.630. The third kappa shape index (κ3) is 5.73. The van der Waals surface area contributed by atoms with E-state index in [2.05, 4.69) is 4.74 Å². The van der Waals surface area contributed by atoms with Crippen molar-refractivity contribution in [2.45, 2.75) is 31.7 Å². The summed E-state index contributed by atoms with van der Waals surface area (Å²) in [5.41, 5.74) is -1.78. The summed E-state index contributed by atoms with van der Waals surface area (Å²) < 4.78 is 74.5. The van der Waals surface area contributed by atoms with E-state index in [0.717, 1.165) is 13.8 Å². The molecule has 1 N–H and O–H groups in total. The van der Waals surface area contributed by atoms with Crippen LogP contribution in [0.1, 0.15) is 13.8 Å². The zero-order valence-corrected chi connectivity index (χ0v) is 9.20. The first-order valence-corrected chi connectivity index (χ1v) is 4.39. The van der Waals surface area contributed by atoms with Crippen molar-refractivity contribution in [3.8, 4) is 0 Å². The van der Waals surface area contributed by atoms with Crippen molar-refractivity contribution in [3.63, 3.8) is 0 Å². The first-order chi connectivity index (χ1) is 7.76. The lowest BCUT2D eigenvalue weighted by molar-refractivity contribution is -0.202. The molecule has 0 saturated carbocycles. The maximum Gasteiger partial charge on any atom is 0.490 e. The van der Waals surface area contributed by atoms with Crippen LogP contribution in [0, 0.1) is 0 Å². The monoisotopic (exact) mass is 281 g/mol. The molecule has 0 aromatic heterocycles. The highest BCUT2D eigenvalue weighted by Crippen LogP contribution is 2.19. The predicted molar refractivity (Wildman–Crippen MR) is 45.3 cm³/mol. The minimum atomic E-state index is -5.25. The number of ether oxygens (including phenoxy) is 1. The second kappa shape index (κ2) is 5.02. The number of alkyl halides is 6. The Morgan fingerprint density at radius 1 is 1.00 bits per heavy atom. The normalized spacial score (nSPS) is 13.1. The molecule has 0 aromatic rings. The largest absolute Gasteiger partial charge is 0.490 e. The van der Waals surface area contributed by atoms with Gasteiger partial charge in [0.25, 0.3) is 0 Å². The van der Waals surface area contributed by atoms with Crippen LogP contribution in [0.15, 0.2) is 0 Å². The average Bonchev–Trinajstić information content (AvgIpc) is 2.10. The van der Waals surface area contributed by atoms with Crippen LogP contribution in [-0.2, 0) is 14.3 Å². The van der Waals surface area contributed by atoms with E-state index in [9.17, 15) is 35.9 Å². The van der Waals surface area contributed by atoms with E-state index in [-0.39, 0.29) is 0 Å². The van der Waals surface area contributed by atoms with Crippen molar-refractivity contribution in [1.82, 2.24) is 5.32 Å². The molecule has 18 heavy (non-hydrogen) atoms. The molecule has 4 nitrogen and oxygen atoms in total. The Morgan fingerprint density at radius 2 is 1.44 bits per heavy atom. The molecule has 0 aromatic carbocycles. The Balaban J connectivity index is 4.42. The third-order valence-corrected chi connectivity index (χ3v) is 1.50. The molecule has 0 unspecified atom stereocenters. The smallest absolute Gasteiger partial charge is 0.457 e. The van der Waals surface area contributed by atoms with Crippen LogP contribution in [0.25, 0.3) is 0 Å². The maximum absolute atomic E-state index is 11.9. The van der Waals surface area contributed by atoms with Gasteiger partial charge in [0.15, 0.2) is 0 Å². The minimum absolute atomic E-state index is 0.973. The summed E-state index contributed by atoms with van der Waals surface area (Å²) in [4.78, 5) is 20.8. The van der Waals surface area contributed by atoms with Crippen molar-refractivity contribution < 1.29 is 40.7 Å². The number of hydrogen-bond acceptors (Lipinski definition) is 3. The fourth-order valence-corrected chi connectivity index (χ4v) is 0.742. The molecule has 106 valence electrons. The first kappa shape index (κ1) is 16.5. The Kier molecular flexibility index (Phi) is 4.61. The van der Waals surface area contributed by atoms with Gasteiger partial charge in [0.1, 0.15) is 6.61 Å². The molecule has 0 rings (SSSR count). The summed E-state index contributed by atoms with van der Waals surface area (Å²) in [7, 11) is 0. The van der Waals surface area contributed by atoms with E-state index in [0.29, 0.717) is 0 Å². The van der Waals surface area contributed by atoms with Crippen molar-refractivity contribution >= 4 is 11.9 Å². The number of halogens is 6. The van der Waals surface area contributed by atoms with E-state index in [1.807, 2.05) is 0 Å². The van der Waals surface area contributed by atoms with Crippen LogP contribution >= 0.6 is 0 Å². The standard InChI is InChI=1S/C8H9F6NO3/c1-6(2,15-4(16)7(9,10)11)3-18-5(17)8(12,13)14/h3H2,1-2H3,(H,15,16). The molecule has 0 aliphatic heterocycles. The van der Waals surface area contributed by atoms with Crippen molar-refractivity contribution in [3.05, 3.63) is 0 Å². The second-order valence-corrected chi connectivity index (χ2v) is 3.91. The lowest BCUT2D eigenvalue weighted by Crippen LogP contribution is -2.52. The topological polar surface area (TPSA) is 55.4 Å². The molecule has 0 aliphatic rings. The summed E-state index contributed by atoms with van der Waals surface area (Å²) in [5.74, 6) is -4.88. The molecule has 0 aliphatic carbocycles. The Bertz CT molecular complexity index is 333. The number of rotatable bonds is 3. The van der Waals surface area contributed by atoms with Gasteiger partial charge in [0, 0.05) is 0 Å². The summed E-state index contributed by atoms with van der Waals surface area (Å²) in [5, 5.41) is 1.39. The van der Waals surface area contributed by atoms with Crippen LogP contribution in [0.3, 0.4) is 0 Å². The van der Waals surface area contributed by atoms with Crippen molar-refractivity contribution in [2.75, 3.05) is 6.61 Å². The van der Waals surface area contributed by atoms with Gasteiger partial charge in [0.2, 0.25) is 0 Å². The molecule has 0 radical (unpaired) electrons. The molecule has 0 bridgehead atoms. The molecule has 0 spiro atoms. The van der Waals surface area contributed by atoms with E-state index in [1.54, 1.807) is 0 Å². The number of hydrogen-bond donors (Lipinski definition) is 1. The Labute approximate surface area is 97.3 Å². The highest BCUT2D eigenvalue weighted by atomic mass is 19.4. The zero-order valence-electron chi connectivity index (χ0n) is 9.20. The van der Waals surface area contributed by atoms with Crippen LogP contribution < -0.4 is 5.32 Å². The van der Waals surface area contributed by atoms with Crippen LogP contribution in [0.5, 0.6) is 0 Å². The van der Waals surface area contributed by atoms with Gasteiger partial charge >= 0.3 is 24.2 Å². The average molecular weight is 281 g/mol. The molecular weight excluding hydrogens is 272 g/mol. The number of esters is 1. The zero-order chi connectivity index (χ0) is 14.8. The first-order valence-electron chi connectivity index (χ1n) is 4.39. The lowest BCUT2D eigenvalue weighted by Gasteiger charge is -2.26. The molecule has 10 heteroatoms. The van der Waals surface area contributed by atoms with Gasteiger partial charge in [-0.15, -0.1) is 0 Å². The second-order valence-electron chi connectivity index (χ2n) is 3.91.